The van der Waals surface area contributed by atoms with E-state index in [0.717, 1.165) is 26.9 Å². The number of aromatic nitrogens is 2. The van der Waals surface area contributed by atoms with E-state index in [2.05, 4.69) is 33.9 Å². The van der Waals surface area contributed by atoms with Crippen molar-refractivity contribution in [3.63, 3.8) is 0 Å². The molecule has 0 aliphatic heterocycles. The molecule has 0 aliphatic rings. The second kappa shape index (κ2) is 4.38. The molecule has 0 spiro atoms. The number of halogens is 1. The molecule has 0 saturated carbocycles. The number of para-hydroxylation sites is 1. The fourth-order valence-corrected chi connectivity index (χ4v) is 2.75. The van der Waals surface area contributed by atoms with Crippen LogP contribution in [0.25, 0.3) is 22.4 Å². The van der Waals surface area contributed by atoms with Gasteiger partial charge < -0.3 is 9.67 Å². The number of aromatic hydroxyl groups is 1. The molecule has 2 aromatic carbocycles. The Bertz CT molecular complexity index is 777. The quantitative estimate of drug-likeness (QED) is 0.736. The molecule has 0 amide bonds. The van der Waals surface area contributed by atoms with Gasteiger partial charge in [-0.1, -0.05) is 28.1 Å². The molecule has 3 rings (SSSR count). The summed E-state index contributed by atoms with van der Waals surface area (Å²) in [5.41, 5.74) is 3.95. The van der Waals surface area contributed by atoms with Crippen LogP contribution in [0.4, 0.5) is 0 Å². The first-order valence-electron chi connectivity index (χ1n) is 5.99. The van der Waals surface area contributed by atoms with Crippen LogP contribution in [-0.4, -0.2) is 14.7 Å². The molecule has 1 aromatic heterocycles. The number of phenolic OH excluding ortho intramolecular Hbond substituents is 1. The van der Waals surface area contributed by atoms with Gasteiger partial charge in [-0.15, -0.1) is 0 Å². The Balaban J connectivity index is 2.31. The van der Waals surface area contributed by atoms with Gasteiger partial charge in [0.2, 0.25) is 0 Å². The summed E-state index contributed by atoms with van der Waals surface area (Å²) >= 11 is 3.35. The minimum atomic E-state index is 0.227. The maximum Gasteiger partial charge on any atom is 0.144 e. The van der Waals surface area contributed by atoms with E-state index in [1.165, 1.54) is 5.56 Å². The number of nitrogens with zero attached hydrogens (tertiary/aromatic N) is 2. The van der Waals surface area contributed by atoms with Gasteiger partial charge in [0.05, 0.1) is 16.6 Å². The number of benzene rings is 2. The molecule has 4 heteroatoms. The summed E-state index contributed by atoms with van der Waals surface area (Å²) in [6.45, 7) is 2.06. The largest absolute Gasteiger partial charge is 0.507 e. The minimum Gasteiger partial charge on any atom is -0.507 e. The highest BCUT2D eigenvalue weighted by molar-refractivity contribution is 9.10. The lowest BCUT2D eigenvalue weighted by molar-refractivity contribution is 0.476. The second-order valence-electron chi connectivity index (χ2n) is 4.60. The van der Waals surface area contributed by atoms with E-state index in [9.17, 15) is 5.11 Å². The first-order chi connectivity index (χ1) is 9.08. The lowest BCUT2D eigenvalue weighted by Crippen LogP contribution is -1.94. The zero-order valence-electron chi connectivity index (χ0n) is 10.7. The number of aryl methyl sites for hydroxylation is 2. The lowest BCUT2D eigenvalue weighted by Gasteiger charge is -2.06. The Morgan fingerprint density at radius 2 is 2.00 bits per heavy atom. The predicted molar refractivity (Wildman–Crippen MR) is 80.3 cm³/mol. The molecule has 1 N–H and O–H groups in total. The van der Waals surface area contributed by atoms with E-state index >= 15 is 0 Å². The van der Waals surface area contributed by atoms with Crippen LogP contribution in [0.3, 0.4) is 0 Å². The van der Waals surface area contributed by atoms with Gasteiger partial charge in [-0.25, -0.2) is 4.98 Å². The number of phenols is 1. The monoisotopic (exact) mass is 316 g/mol. The van der Waals surface area contributed by atoms with E-state index in [-0.39, 0.29) is 5.75 Å². The van der Waals surface area contributed by atoms with Crippen LogP contribution in [0, 0.1) is 6.92 Å². The molecule has 0 fully saturated rings. The summed E-state index contributed by atoms with van der Waals surface area (Å²) in [6, 6.07) is 11.5. The van der Waals surface area contributed by atoms with Crippen LogP contribution in [-0.2, 0) is 7.05 Å². The van der Waals surface area contributed by atoms with E-state index in [0.29, 0.717) is 0 Å². The smallest absolute Gasteiger partial charge is 0.144 e. The summed E-state index contributed by atoms with van der Waals surface area (Å²) in [5, 5.41) is 10.1. The van der Waals surface area contributed by atoms with E-state index in [1.807, 2.05) is 35.9 Å². The predicted octanol–water partition coefficient (Wildman–Crippen LogP) is 4.02. The molecular weight excluding hydrogens is 304 g/mol. The van der Waals surface area contributed by atoms with Crippen molar-refractivity contribution in [2.24, 2.45) is 7.05 Å². The van der Waals surface area contributed by atoms with E-state index < -0.39 is 0 Å². The third-order valence-corrected chi connectivity index (χ3v) is 3.79. The van der Waals surface area contributed by atoms with E-state index in [1.54, 1.807) is 6.07 Å². The van der Waals surface area contributed by atoms with Gasteiger partial charge in [0.25, 0.3) is 0 Å². The minimum absolute atomic E-state index is 0.227. The van der Waals surface area contributed by atoms with Crippen molar-refractivity contribution >= 4 is 27.0 Å². The number of imidazole rings is 1. The van der Waals surface area contributed by atoms with Crippen molar-refractivity contribution in [3.05, 3.63) is 46.4 Å². The van der Waals surface area contributed by atoms with Crippen LogP contribution >= 0.6 is 15.9 Å². The average molecular weight is 317 g/mol. The molecule has 3 aromatic rings. The van der Waals surface area contributed by atoms with Gasteiger partial charge >= 0.3 is 0 Å². The number of hydrogen-bond acceptors (Lipinski definition) is 2. The molecule has 0 saturated heterocycles. The second-order valence-corrected chi connectivity index (χ2v) is 5.51. The Kier molecular flexibility index (Phi) is 2.82. The summed E-state index contributed by atoms with van der Waals surface area (Å²) in [5.74, 6) is 1.000. The third kappa shape index (κ3) is 1.92. The third-order valence-electron chi connectivity index (χ3n) is 3.30. The summed E-state index contributed by atoms with van der Waals surface area (Å²) in [4.78, 5) is 4.62. The maximum atomic E-state index is 10.1. The van der Waals surface area contributed by atoms with Gasteiger partial charge in [0, 0.05) is 11.5 Å². The Hall–Kier alpha value is -1.81. The van der Waals surface area contributed by atoms with Crippen LogP contribution in [0.15, 0.2) is 40.9 Å². The van der Waals surface area contributed by atoms with Crippen molar-refractivity contribution in [1.82, 2.24) is 9.55 Å². The van der Waals surface area contributed by atoms with E-state index in [4.69, 9.17) is 0 Å². The van der Waals surface area contributed by atoms with Crippen LogP contribution in [0.2, 0.25) is 0 Å². The molecular formula is C15H13BrN2O. The molecule has 19 heavy (non-hydrogen) atoms. The molecule has 0 unspecified atom stereocenters. The molecule has 0 bridgehead atoms. The SMILES string of the molecule is Cc1cccc2nc(-c3ccc(Br)cc3O)n(C)c12. The Morgan fingerprint density at radius 1 is 1.21 bits per heavy atom. The maximum absolute atomic E-state index is 10.1. The van der Waals surface area contributed by atoms with Gasteiger partial charge in [0.1, 0.15) is 11.6 Å². The fraction of sp³-hybridized carbons (Fsp3) is 0.133. The van der Waals surface area contributed by atoms with Crippen molar-refractivity contribution in [2.75, 3.05) is 0 Å². The van der Waals surface area contributed by atoms with Crippen LogP contribution < -0.4 is 0 Å². The van der Waals surface area contributed by atoms with Gasteiger partial charge in [-0.2, -0.15) is 0 Å². The Morgan fingerprint density at radius 3 is 2.68 bits per heavy atom. The van der Waals surface area contributed by atoms with Crippen LogP contribution in [0.1, 0.15) is 5.56 Å². The molecule has 1 heterocycles. The summed E-state index contributed by atoms with van der Waals surface area (Å²) in [7, 11) is 1.97. The van der Waals surface area contributed by atoms with Crippen molar-refractivity contribution in [2.45, 2.75) is 6.92 Å². The zero-order valence-corrected chi connectivity index (χ0v) is 12.3. The molecule has 96 valence electrons. The van der Waals surface area contributed by atoms with Crippen molar-refractivity contribution in [3.8, 4) is 17.1 Å². The first kappa shape index (κ1) is 12.2. The summed E-state index contributed by atoms with van der Waals surface area (Å²) in [6.07, 6.45) is 0. The van der Waals surface area contributed by atoms with Crippen molar-refractivity contribution < 1.29 is 5.11 Å². The molecule has 0 aliphatic carbocycles. The first-order valence-corrected chi connectivity index (χ1v) is 6.78. The lowest BCUT2D eigenvalue weighted by atomic mass is 10.2. The van der Waals surface area contributed by atoms with Crippen molar-refractivity contribution in [1.29, 1.82) is 0 Å². The highest BCUT2D eigenvalue weighted by Gasteiger charge is 2.14. The number of rotatable bonds is 1. The number of fused-ring (bicyclic) bond motifs is 1. The summed E-state index contributed by atoms with van der Waals surface area (Å²) < 4.78 is 2.87. The molecule has 0 radical (unpaired) electrons. The standard InChI is InChI=1S/C15H13BrN2O/c1-9-4-3-5-12-14(9)18(2)15(17-12)11-7-6-10(16)8-13(11)19/h3-8,19H,1-2H3. The fourth-order valence-electron chi connectivity index (χ4n) is 2.40. The van der Waals surface area contributed by atoms with Crippen LogP contribution in [0.5, 0.6) is 5.75 Å². The topological polar surface area (TPSA) is 38.1 Å². The van der Waals surface area contributed by atoms with Gasteiger partial charge in [0.15, 0.2) is 0 Å². The number of hydrogen-bond donors (Lipinski definition) is 1. The normalized spacial score (nSPS) is 11.1. The molecule has 0 atom stereocenters. The van der Waals surface area contributed by atoms with Gasteiger partial charge in [-0.05, 0) is 36.8 Å². The van der Waals surface area contributed by atoms with Gasteiger partial charge in [-0.3, -0.25) is 0 Å². The highest BCUT2D eigenvalue weighted by atomic mass is 79.9. The average Bonchev–Trinajstić information content (AvgIpc) is 2.68. The Labute approximate surface area is 119 Å². The zero-order chi connectivity index (χ0) is 13.6. The molecule has 3 nitrogen and oxygen atoms in total. The highest BCUT2D eigenvalue weighted by Crippen LogP contribution is 2.33.